The predicted octanol–water partition coefficient (Wildman–Crippen LogP) is 4.53. The van der Waals surface area contributed by atoms with Crippen LogP contribution >= 0.6 is 23.2 Å². The topological polar surface area (TPSA) is 84.7 Å². The average molecular weight is 431 g/mol. The van der Waals surface area contributed by atoms with Crippen LogP contribution in [0.5, 0.6) is 0 Å². The van der Waals surface area contributed by atoms with E-state index in [-0.39, 0.29) is 5.15 Å². The lowest BCUT2D eigenvalue weighted by Gasteiger charge is -2.07. The molecule has 0 bridgehead atoms. The molecule has 3 rings (SSSR count). The number of nitrogens with one attached hydrogen (secondary N) is 2. The fraction of sp³-hybridized carbons (Fsp3) is 0.125. The van der Waals surface area contributed by atoms with Crippen LogP contribution in [0.25, 0.3) is 0 Å². The van der Waals surface area contributed by atoms with Crippen LogP contribution in [0, 0.1) is 0 Å². The van der Waals surface area contributed by atoms with E-state index in [2.05, 4.69) is 25.9 Å². The number of benzene rings is 1. The molecule has 0 radical (unpaired) electrons. The smallest absolute Gasteiger partial charge is 0.339 e. The van der Waals surface area contributed by atoms with Crippen LogP contribution in [-0.2, 0) is 13.2 Å². The summed E-state index contributed by atoms with van der Waals surface area (Å²) in [5.74, 6) is -0.401. The van der Waals surface area contributed by atoms with Crippen LogP contribution in [-0.4, -0.2) is 25.9 Å². The lowest BCUT2D eigenvalue weighted by molar-refractivity contribution is -0.143. The van der Waals surface area contributed by atoms with Crippen LogP contribution in [0.3, 0.4) is 0 Å². The summed E-state index contributed by atoms with van der Waals surface area (Å²) in [6, 6.07) is 9.56. The zero-order valence-corrected chi connectivity index (χ0v) is 15.6. The fourth-order valence-electron chi connectivity index (χ4n) is 2.31. The number of alkyl halides is 3. The Kier molecular flexibility index (Phi) is 5.43. The van der Waals surface area contributed by atoms with Crippen molar-refractivity contribution in [2.45, 2.75) is 6.18 Å². The zero-order valence-electron chi connectivity index (χ0n) is 14.1. The third-order valence-electron chi connectivity index (χ3n) is 3.52. The molecular weight excluding hydrogens is 420 g/mol. The number of anilines is 3. The van der Waals surface area contributed by atoms with Crippen molar-refractivity contribution in [3.05, 3.63) is 58.0 Å². The maximum Gasteiger partial charge on any atom is 0.434 e. The highest BCUT2D eigenvalue weighted by Crippen LogP contribution is 2.36. The van der Waals surface area contributed by atoms with Gasteiger partial charge in [-0.1, -0.05) is 23.2 Å². The van der Waals surface area contributed by atoms with E-state index >= 15 is 0 Å². The molecule has 1 amide bonds. The van der Waals surface area contributed by atoms with Gasteiger partial charge >= 0.3 is 6.18 Å². The van der Waals surface area contributed by atoms with Gasteiger partial charge in [-0.05, 0) is 36.4 Å². The lowest BCUT2D eigenvalue weighted by atomic mass is 10.2. The van der Waals surface area contributed by atoms with E-state index in [9.17, 15) is 18.0 Å². The Bertz CT molecular complexity index is 1000. The Labute approximate surface area is 166 Å². The van der Waals surface area contributed by atoms with Crippen molar-refractivity contribution in [3.63, 3.8) is 0 Å². The minimum atomic E-state index is -4.73. The molecule has 12 heteroatoms. The maximum absolute atomic E-state index is 13.0. The van der Waals surface area contributed by atoms with Crippen molar-refractivity contribution >= 4 is 46.3 Å². The van der Waals surface area contributed by atoms with Gasteiger partial charge in [-0.15, -0.1) is 10.2 Å². The number of rotatable bonds is 4. The SMILES string of the molecule is Cn1nc(C(=O)Nc2ccc(Nc3ccc(Cl)nn3)cc2)c(Cl)c1C(F)(F)F. The van der Waals surface area contributed by atoms with Gasteiger partial charge in [0.25, 0.3) is 5.91 Å². The Balaban J connectivity index is 1.72. The summed E-state index contributed by atoms with van der Waals surface area (Å²) >= 11 is 11.4. The number of carbonyl (C=O) groups excluding carboxylic acids is 1. The molecule has 2 heterocycles. The molecule has 0 spiro atoms. The summed E-state index contributed by atoms with van der Waals surface area (Å²) in [6.07, 6.45) is -4.73. The molecule has 2 aromatic heterocycles. The monoisotopic (exact) mass is 430 g/mol. The molecular formula is C16H11Cl2F3N6O. The molecule has 2 N–H and O–H groups in total. The molecule has 0 fully saturated rings. The molecule has 1 aromatic carbocycles. The summed E-state index contributed by atoms with van der Waals surface area (Å²) in [5.41, 5.74) is -0.726. The molecule has 0 unspecified atom stereocenters. The highest BCUT2D eigenvalue weighted by atomic mass is 35.5. The summed E-state index contributed by atoms with van der Waals surface area (Å²) in [6.45, 7) is 0. The van der Waals surface area contributed by atoms with Gasteiger partial charge in [-0.25, -0.2) is 0 Å². The number of amides is 1. The first-order valence-electron chi connectivity index (χ1n) is 7.62. The van der Waals surface area contributed by atoms with Gasteiger partial charge in [0.15, 0.2) is 22.4 Å². The number of halogens is 5. The summed E-state index contributed by atoms with van der Waals surface area (Å²) in [4.78, 5) is 12.3. The quantitative estimate of drug-likeness (QED) is 0.634. The van der Waals surface area contributed by atoms with E-state index in [0.717, 1.165) is 7.05 Å². The molecule has 0 aliphatic rings. The zero-order chi connectivity index (χ0) is 20.5. The molecule has 0 aliphatic carbocycles. The van der Waals surface area contributed by atoms with Gasteiger partial charge in [0.2, 0.25) is 0 Å². The summed E-state index contributed by atoms with van der Waals surface area (Å²) in [7, 11) is 1.06. The Morgan fingerprint density at radius 2 is 1.68 bits per heavy atom. The normalized spacial score (nSPS) is 11.4. The fourth-order valence-corrected chi connectivity index (χ4v) is 2.76. The van der Waals surface area contributed by atoms with Gasteiger partial charge < -0.3 is 10.6 Å². The molecule has 0 saturated heterocycles. The first-order valence-corrected chi connectivity index (χ1v) is 8.38. The van der Waals surface area contributed by atoms with Crippen LogP contribution in [0.1, 0.15) is 16.2 Å². The summed E-state index contributed by atoms with van der Waals surface area (Å²) < 4.78 is 39.4. The highest BCUT2D eigenvalue weighted by Gasteiger charge is 2.40. The number of hydrogen-bond acceptors (Lipinski definition) is 5. The Morgan fingerprint density at radius 3 is 2.21 bits per heavy atom. The predicted molar refractivity (Wildman–Crippen MR) is 97.9 cm³/mol. The molecule has 0 saturated carbocycles. The van der Waals surface area contributed by atoms with Gasteiger partial charge in [0.1, 0.15) is 5.02 Å². The van der Waals surface area contributed by atoms with Crippen molar-refractivity contribution in [2.75, 3.05) is 10.6 Å². The molecule has 3 aromatic rings. The van der Waals surface area contributed by atoms with E-state index < -0.39 is 28.5 Å². The number of aromatic nitrogens is 4. The van der Waals surface area contributed by atoms with E-state index in [1.165, 1.54) is 0 Å². The lowest BCUT2D eigenvalue weighted by Crippen LogP contribution is -2.13. The highest BCUT2D eigenvalue weighted by molar-refractivity contribution is 6.34. The minimum absolute atomic E-state index is 0.255. The molecule has 146 valence electrons. The van der Waals surface area contributed by atoms with Crippen molar-refractivity contribution in [3.8, 4) is 0 Å². The average Bonchev–Trinajstić information content (AvgIpc) is 2.93. The number of hydrogen-bond donors (Lipinski definition) is 2. The van der Waals surface area contributed by atoms with E-state index in [0.29, 0.717) is 21.9 Å². The van der Waals surface area contributed by atoms with Crippen LogP contribution in [0.4, 0.5) is 30.4 Å². The Hall–Kier alpha value is -2.85. The van der Waals surface area contributed by atoms with Crippen molar-refractivity contribution in [1.82, 2.24) is 20.0 Å². The third kappa shape index (κ3) is 4.34. The molecule has 7 nitrogen and oxygen atoms in total. The maximum atomic E-state index is 13.0. The van der Waals surface area contributed by atoms with E-state index in [1.807, 2.05) is 0 Å². The molecule has 28 heavy (non-hydrogen) atoms. The van der Waals surface area contributed by atoms with Gasteiger partial charge in [-0.3, -0.25) is 9.48 Å². The largest absolute Gasteiger partial charge is 0.434 e. The second-order valence-corrected chi connectivity index (χ2v) is 6.30. The van der Waals surface area contributed by atoms with Crippen molar-refractivity contribution in [1.29, 1.82) is 0 Å². The van der Waals surface area contributed by atoms with Gasteiger partial charge in [-0.2, -0.15) is 18.3 Å². The van der Waals surface area contributed by atoms with Crippen LogP contribution in [0.2, 0.25) is 10.2 Å². The molecule has 0 aliphatic heterocycles. The standard InChI is InChI=1S/C16H11Cl2F3N6O/c1-27-14(16(19,20)21)12(18)13(26-27)15(28)23-9-4-2-8(3-5-9)22-11-7-6-10(17)24-25-11/h2-7H,1H3,(H,22,25)(H,23,28). The summed E-state index contributed by atoms with van der Waals surface area (Å²) in [5, 5.41) is 16.0. The first kappa shape index (κ1) is 19.9. The van der Waals surface area contributed by atoms with Crippen molar-refractivity contribution < 1.29 is 18.0 Å². The van der Waals surface area contributed by atoms with Crippen molar-refractivity contribution in [2.24, 2.45) is 7.05 Å². The number of nitrogens with zero attached hydrogens (tertiary/aromatic N) is 4. The van der Waals surface area contributed by atoms with E-state index in [1.54, 1.807) is 36.4 Å². The van der Waals surface area contributed by atoms with Gasteiger partial charge in [0.05, 0.1) is 0 Å². The second-order valence-electron chi connectivity index (χ2n) is 5.53. The van der Waals surface area contributed by atoms with Crippen LogP contribution < -0.4 is 10.6 Å². The first-order chi connectivity index (χ1) is 13.1. The molecule has 0 atom stereocenters. The Morgan fingerprint density at radius 1 is 1.04 bits per heavy atom. The van der Waals surface area contributed by atoms with Gasteiger partial charge in [0, 0.05) is 18.4 Å². The van der Waals surface area contributed by atoms with E-state index in [4.69, 9.17) is 23.2 Å². The second kappa shape index (κ2) is 7.64. The third-order valence-corrected chi connectivity index (χ3v) is 4.08. The number of carbonyl (C=O) groups is 1. The number of aryl methyl sites for hydroxylation is 1. The van der Waals surface area contributed by atoms with Crippen LogP contribution in [0.15, 0.2) is 36.4 Å². The minimum Gasteiger partial charge on any atom is -0.339 e.